The predicted molar refractivity (Wildman–Crippen MR) is 108 cm³/mol. The van der Waals surface area contributed by atoms with Crippen LogP contribution in [0.4, 0.5) is 5.69 Å². The summed E-state index contributed by atoms with van der Waals surface area (Å²) >= 11 is 0. The molecule has 0 bridgehead atoms. The van der Waals surface area contributed by atoms with Gasteiger partial charge in [-0.2, -0.15) is 5.10 Å². The molecule has 0 fully saturated rings. The summed E-state index contributed by atoms with van der Waals surface area (Å²) in [6.45, 7) is 6.10. The number of hydrogen-bond donors (Lipinski definition) is 3. The average Bonchev–Trinajstić information content (AvgIpc) is 3.34. The second kappa shape index (κ2) is 7.44. The number of aryl methyl sites for hydroxylation is 1. The number of carbonyl (C=O) groups is 1. The van der Waals surface area contributed by atoms with Crippen LogP contribution in [0, 0.1) is 6.92 Å². The van der Waals surface area contributed by atoms with Gasteiger partial charge in [0.25, 0.3) is 11.6 Å². The summed E-state index contributed by atoms with van der Waals surface area (Å²) in [5.74, 6) is 1.03. The average molecular weight is 391 g/mol. The van der Waals surface area contributed by atoms with E-state index >= 15 is 0 Å². The van der Waals surface area contributed by atoms with Crippen molar-refractivity contribution in [2.45, 2.75) is 33.2 Å². The molecule has 9 heteroatoms. The number of aromatic nitrogens is 5. The minimum atomic E-state index is -0.248. The number of nitrogens with one attached hydrogen (secondary N) is 2. The molecular weight excluding hydrogens is 370 g/mol. The Kier molecular flexibility index (Phi) is 4.81. The normalized spacial score (nSPS) is 11.3. The van der Waals surface area contributed by atoms with Gasteiger partial charge in [-0.25, -0.2) is 9.97 Å². The first kappa shape index (κ1) is 18.8. The first-order chi connectivity index (χ1) is 14.0. The predicted octanol–water partition coefficient (Wildman–Crippen LogP) is 3.15. The van der Waals surface area contributed by atoms with Crippen LogP contribution in [0.25, 0.3) is 22.5 Å². The first-order valence-electron chi connectivity index (χ1n) is 9.26. The molecule has 148 valence electrons. The highest BCUT2D eigenvalue weighted by Crippen LogP contribution is 2.28. The van der Waals surface area contributed by atoms with Crippen LogP contribution in [0.2, 0.25) is 0 Å². The number of H-pyrrole nitrogens is 1. The Morgan fingerprint density at radius 1 is 1.24 bits per heavy atom. The highest BCUT2D eigenvalue weighted by atomic mass is 16.5. The maximum Gasteiger partial charge on any atom is 0.259 e. The third-order valence-corrected chi connectivity index (χ3v) is 4.52. The Hall–Kier alpha value is -3.59. The summed E-state index contributed by atoms with van der Waals surface area (Å²) in [6.07, 6.45) is 0. The van der Waals surface area contributed by atoms with E-state index in [1.54, 1.807) is 18.2 Å². The number of hydrogen-bond acceptors (Lipinski definition) is 7. The summed E-state index contributed by atoms with van der Waals surface area (Å²) in [5.41, 5.74) is 9.28. The molecule has 0 unspecified atom stereocenters. The van der Waals surface area contributed by atoms with E-state index in [4.69, 9.17) is 10.3 Å². The molecule has 0 atom stereocenters. The molecule has 0 spiro atoms. The largest absolute Gasteiger partial charge is 0.335 e. The third kappa shape index (κ3) is 3.59. The van der Waals surface area contributed by atoms with Gasteiger partial charge in [-0.1, -0.05) is 19.0 Å². The van der Waals surface area contributed by atoms with Crippen LogP contribution < -0.4 is 11.1 Å². The standard InChI is InChI=1S/C20H21N7O2/c1-10(2)17-16-14(8-11(3)22-20(16)29-27-17)19(28)23-13-6-4-12(5-7-13)18-24-15(9-21)25-26-18/h4-8,10H,9,21H2,1-3H3,(H,23,28)(H,24,25,26). The summed E-state index contributed by atoms with van der Waals surface area (Å²) in [5, 5.41) is 14.6. The number of pyridine rings is 1. The number of fused-ring (bicyclic) bond motifs is 1. The number of rotatable bonds is 5. The molecule has 4 N–H and O–H groups in total. The highest BCUT2D eigenvalue weighted by molar-refractivity contribution is 6.12. The molecular formula is C20H21N7O2. The Labute approximate surface area is 166 Å². The van der Waals surface area contributed by atoms with Gasteiger partial charge in [0.1, 0.15) is 5.82 Å². The van der Waals surface area contributed by atoms with E-state index in [0.717, 1.165) is 5.56 Å². The SMILES string of the molecule is Cc1cc(C(=O)Nc2ccc(-c3n[nH]c(CN)n3)cc2)c2c(C(C)C)noc2n1. The van der Waals surface area contributed by atoms with Gasteiger partial charge >= 0.3 is 0 Å². The van der Waals surface area contributed by atoms with Crippen LogP contribution in [0.15, 0.2) is 34.9 Å². The van der Waals surface area contributed by atoms with Crippen molar-refractivity contribution in [3.05, 3.63) is 53.1 Å². The van der Waals surface area contributed by atoms with Gasteiger partial charge in [-0.15, -0.1) is 0 Å². The Bertz CT molecular complexity index is 1180. The van der Waals surface area contributed by atoms with Crippen molar-refractivity contribution in [1.82, 2.24) is 25.3 Å². The van der Waals surface area contributed by atoms with Gasteiger partial charge in [0.05, 0.1) is 23.2 Å². The summed E-state index contributed by atoms with van der Waals surface area (Å²) in [7, 11) is 0. The minimum Gasteiger partial charge on any atom is -0.335 e. The van der Waals surface area contributed by atoms with Gasteiger partial charge in [0.15, 0.2) is 5.82 Å². The van der Waals surface area contributed by atoms with E-state index < -0.39 is 0 Å². The zero-order valence-electron chi connectivity index (χ0n) is 16.4. The molecule has 0 saturated carbocycles. The number of anilines is 1. The number of aromatic amines is 1. The Morgan fingerprint density at radius 3 is 2.66 bits per heavy atom. The van der Waals surface area contributed by atoms with Gasteiger partial charge in [0, 0.05) is 16.9 Å². The molecule has 29 heavy (non-hydrogen) atoms. The molecule has 1 amide bonds. The van der Waals surface area contributed by atoms with Gasteiger partial charge < -0.3 is 15.6 Å². The van der Waals surface area contributed by atoms with E-state index in [-0.39, 0.29) is 11.8 Å². The first-order valence-corrected chi connectivity index (χ1v) is 9.26. The molecule has 4 aromatic rings. The van der Waals surface area contributed by atoms with Crippen LogP contribution in [0.1, 0.15) is 47.3 Å². The van der Waals surface area contributed by atoms with Crippen molar-refractivity contribution in [2.75, 3.05) is 5.32 Å². The molecule has 0 aliphatic carbocycles. The van der Waals surface area contributed by atoms with Gasteiger partial charge in [-0.05, 0) is 43.2 Å². The lowest BCUT2D eigenvalue weighted by molar-refractivity contribution is 0.102. The van der Waals surface area contributed by atoms with Crippen molar-refractivity contribution in [1.29, 1.82) is 0 Å². The number of nitrogens with two attached hydrogens (primary N) is 1. The smallest absolute Gasteiger partial charge is 0.259 e. The third-order valence-electron chi connectivity index (χ3n) is 4.52. The molecule has 3 aromatic heterocycles. The maximum absolute atomic E-state index is 13.0. The topological polar surface area (TPSA) is 136 Å². The lowest BCUT2D eigenvalue weighted by atomic mass is 10.0. The van der Waals surface area contributed by atoms with E-state index in [1.165, 1.54) is 0 Å². The molecule has 0 aliphatic heterocycles. The molecule has 4 rings (SSSR count). The second-order valence-electron chi connectivity index (χ2n) is 7.06. The van der Waals surface area contributed by atoms with Crippen molar-refractivity contribution >= 4 is 22.7 Å². The van der Waals surface area contributed by atoms with Crippen LogP contribution in [-0.4, -0.2) is 31.2 Å². The van der Waals surface area contributed by atoms with Gasteiger partial charge in [-0.3, -0.25) is 9.89 Å². The lowest BCUT2D eigenvalue weighted by Crippen LogP contribution is -2.13. The Morgan fingerprint density at radius 2 is 2.00 bits per heavy atom. The summed E-state index contributed by atoms with van der Waals surface area (Å²) in [4.78, 5) is 21.6. The lowest BCUT2D eigenvalue weighted by Gasteiger charge is -2.09. The maximum atomic E-state index is 13.0. The number of benzene rings is 1. The molecule has 0 saturated heterocycles. The van der Waals surface area contributed by atoms with Crippen LogP contribution >= 0.6 is 0 Å². The fraction of sp³-hybridized carbons (Fsp3) is 0.250. The zero-order chi connectivity index (χ0) is 20.5. The van der Waals surface area contributed by atoms with E-state index in [9.17, 15) is 4.79 Å². The fourth-order valence-corrected chi connectivity index (χ4v) is 3.09. The summed E-state index contributed by atoms with van der Waals surface area (Å²) < 4.78 is 5.34. The monoisotopic (exact) mass is 391 g/mol. The van der Waals surface area contributed by atoms with Crippen molar-refractivity contribution < 1.29 is 9.32 Å². The number of carbonyl (C=O) groups excluding carboxylic acids is 1. The van der Waals surface area contributed by atoms with Gasteiger partial charge in [0.2, 0.25) is 0 Å². The molecule has 0 radical (unpaired) electrons. The van der Waals surface area contributed by atoms with Crippen molar-refractivity contribution in [3.8, 4) is 11.4 Å². The zero-order valence-corrected chi connectivity index (χ0v) is 16.4. The number of amides is 1. The van der Waals surface area contributed by atoms with E-state index in [2.05, 4.69) is 30.6 Å². The minimum absolute atomic E-state index is 0.103. The van der Waals surface area contributed by atoms with Crippen LogP contribution in [-0.2, 0) is 6.54 Å². The van der Waals surface area contributed by atoms with Crippen LogP contribution in [0.5, 0.6) is 0 Å². The quantitative estimate of drug-likeness (QED) is 0.475. The Balaban J connectivity index is 1.62. The van der Waals surface area contributed by atoms with Crippen molar-refractivity contribution in [3.63, 3.8) is 0 Å². The molecule has 3 heterocycles. The molecule has 1 aromatic carbocycles. The second-order valence-corrected chi connectivity index (χ2v) is 7.06. The van der Waals surface area contributed by atoms with Crippen LogP contribution in [0.3, 0.4) is 0 Å². The van der Waals surface area contributed by atoms with E-state index in [1.807, 2.05) is 32.9 Å². The highest BCUT2D eigenvalue weighted by Gasteiger charge is 2.21. The fourth-order valence-electron chi connectivity index (χ4n) is 3.09. The molecule has 0 aliphatic rings. The molecule has 9 nitrogen and oxygen atoms in total. The summed E-state index contributed by atoms with van der Waals surface area (Å²) in [6, 6.07) is 9.02. The van der Waals surface area contributed by atoms with E-state index in [0.29, 0.717) is 51.9 Å². The van der Waals surface area contributed by atoms with Crippen molar-refractivity contribution in [2.24, 2.45) is 5.73 Å². The number of nitrogens with zero attached hydrogens (tertiary/aromatic N) is 4.